The number of rotatable bonds is 11. The average Bonchev–Trinajstić information content (AvgIpc) is 2.42. The molecule has 0 fully saturated rings. The van der Waals surface area contributed by atoms with Crippen molar-refractivity contribution in [1.29, 1.82) is 0 Å². The molecule has 0 rings (SSSR count). The van der Waals surface area contributed by atoms with E-state index in [9.17, 15) is 9.59 Å². The zero-order valence-corrected chi connectivity index (χ0v) is 12.7. The molecule has 0 amide bonds. The van der Waals surface area contributed by atoms with Crippen LogP contribution in [0.1, 0.15) is 65.2 Å². The molecule has 0 N–H and O–H groups in total. The molecule has 0 spiro atoms. The van der Waals surface area contributed by atoms with Crippen molar-refractivity contribution >= 4 is 11.9 Å². The van der Waals surface area contributed by atoms with Crippen LogP contribution in [0.4, 0.5) is 0 Å². The Morgan fingerprint density at radius 3 is 2.30 bits per heavy atom. The van der Waals surface area contributed by atoms with Gasteiger partial charge in [-0.2, -0.15) is 0 Å². The zero-order chi connectivity index (χ0) is 15.2. The maximum absolute atomic E-state index is 11.5. The first-order valence-electron chi connectivity index (χ1n) is 7.41. The van der Waals surface area contributed by atoms with Crippen LogP contribution in [0.2, 0.25) is 0 Å². The van der Waals surface area contributed by atoms with Crippen LogP contribution in [0.25, 0.3) is 0 Å². The molecule has 0 heterocycles. The van der Waals surface area contributed by atoms with E-state index in [1.807, 2.05) is 0 Å². The van der Waals surface area contributed by atoms with Crippen LogP contribution >= 0.6 is 0 Å². The van der Waals surface area contributed by atoms with E-state index in [-0.39, 0.29) is 5.97 Å². The molecule has 0 radical (unpaired) electrons. The molecule has 0 saturated carbocycles. The smallest absolute Gasteiger partial charge is 0.347 e. The van der Waals surface area contributed by atoms with Gasteiger partial charge < -0.3 is 9.47 Å². The lowest BCUT2D eigenvalue weighted by atomic mass is 10.1. The van der Waals surface area contributed by atoms with E-state index in [0.717, 1.165) is 44.9 Å². The first-order valence-corrected chi connectivity index (χ1v) is 7.41. The van der Waals surface area contributed by atoms with Crippen molar-refractivity contribution in [3.05, 3.63) is 0 Å². The highest BCUT2D eigenvalue weighted by atomic mass is 16.6. The summed E-state index contributed by atoms with van der Waals surface area (Å²) in [5, 5.41) is 0. The maximum atomic E-state index is 11.5. The van der Waals surface area contributed by atoms with E-state index in [2.05, 4.69) is 5.92 Å². The van der Waals surface area contributed by atoms with Gasteiger partial charge in [0.1, 0.15) is 0 Å². The lowest BCUT2D eigenvalue weighted by Crippen LogP contribution is -2.26. The van der Waals surface area contributed by atoms with Gasteiger partial charge in [0.2, 0.25) is 0 Å². The summed E-state index contributed by atoms with van der Waals surface area (Å²) in [5.74, 6) is 1.80. The van der Waals surface area contributed by atoms with Crippen molar-refractivity contribution in [2.45, 2.75) is 71.3 Å². The summed E-state index contributed by atoms with van der Waals surface area (Å²) in [7, 11) is 0. The number of unbranched alkanes of at least 4 members (excludes halogenated alkanes) is 6. The monoisotopic (exact) mass is 282 g/mol. The summed E-state index contributed by atoms with van der Waals surface area (Å²) in [4.78, 5) is 22.8. The van der Waals surface area contributed by atoms with Crippen LogP contribution in [0.5, 0.6) is 0 Å². The Morgan fingerprint density at radius 2 is 1.70 bits per heavy atom. The second-order valence-corrected chi connectivity index (χ2v) is 4.71. The predicted molar refractivity (Wildman–Crippen MR) is 78.0 cm³/mol. The standard InChI is InChI=1S/C16H26O4/c1-4-6-7-8-9-10-11-12-13-15(17)20-14(3)16(18)19-5-2/h1,14H,5-13H2,2-3H3. The molecule has 0 aromatic heterocycles. The SMILES string of the molecule is C#CCCCCCCCCC(=O)OC(C)C(=O)OCC. The summed E-state index contributed by atoms with van der Waals surface area (Å²) in [5.41, 5.74) is 0. The highest BCUT2D eigenvalue weighted by Gasteiger charge is 2.18. The molecule has 0 saturated heterocycles. The second kappa shape index (κ2) is 12.5. The number of hydrogen-bond acceptors (Lipinski definition) is 4. The number of esters is 2. The topological polar surface area (TPSA) is 52.6 Å². The third-order valence-corrected chi connectivity index (χ3v) is 2.88. The molecule has 1 atom stereocenters. The minimum atomic E-state index is -0.814. The molecular formula is C16H26O4. The molecule has 1 unspecified atom stereocenters. The Bertz CT molecular complexity index is 317. The first-order chi connectivity index (χ1) is 9.61. The quantitative estimate of drug-likeness (QED) is 0.332. The maximum Gasteiger partial charge on any atom is 0.347 e. The van der Waals surface area contributed by atoms with Crippen molar-refractivity contribution in [3.8, 4) is 12.3 Å². The van der Waals surface area contributed by atoms with Gasteiger partial charge >= 0.3 is 11.9 Å². The molecule has 0 aliphatic rings. The Labute approximate surface area is 122 Å². The average molecular weight is 282 g/mol. The van der Waals surface area contributed by atoms with Crippen molar-refractivity contribution in [2.24, 2.45) is 0 Å². The van der Waals surface area contributed by atoms with Crippen LogP contribution in [0.15, 0.2) is 0 Å². The highest BCUT2D eigenvalue weighted by molar-refractivity contribution is 5.78. The number of terminal acetylenes is 1. The van der Waals surface area contributed by atoms with E-state index in [1.165, 1.54) is 6.92 Å². The Balaban J connectivity index is 3.50. The molecule has 4 heteroatoms. The van der Waals surface area contributed by atoms with Gasteiger partial charge in [0, 0.05) is 12.8 Å². The number of carbonyl (C=O) groups is 2. The summed E-state index contributed by atoms with van der Waals surface area (Å²) in [6, 6.07) is 0. The van der Waals surface area contributed by atoms with E-state index < -0.39 is 12.1 Å². The largest absolute Gasteiger partial charge is 0.463 e. The van der Waals surface area contributed by atoms with Crippen molar-refractivity contribution in [3.63, 3.8) is 0 Å². The number of hydrogen-bond donors (Lipinski definition) is 0. The van der Waals surface area contributed by atoms with Gasteiger partial charge in [-0.15, -0.1) is 12.3 Å². The highest BCUT2D eigenvalue weighted by Crippen LogP contribution is 2.09. The van der Waals surface area contributed by atoms with Gasteiger partial charge in [-0.1, -0.05) is 25.7 Å². The van der Waals surface area contributed by atoms with Gasteiger partial charge in [0.05, 0.1) is 6.61 Å². The van der Waals surface area contributed by atoms with Crippen LogP contribution in [-0.2, 0) is 19.1 Å². The first kappa shape index (κ1) is 18.5. The fourth-order valence-electron chi connectivity index (χ4n) is 1.77. The summed E-state index contributed by atoms with van der Waals surface area (Å²) in [6.45, 7) is 3.54. The molecule has 4 nitrogen and oxygen atoms in total. The van der Waals surface area contributed by atoms with E-state index in [4.69, 9.17) is 15.9 Å². The summed E-state index contributed by atoms with van der Waals surface area (Å²) in [6.07, 6.45) is 11.8. The number of ether oxygens (including phenoxy) is 2. The van der Waals surface area contributed by atoms with Gasteiger partial charge in [-0.3, -0.25) is 4.79 Å². The van der Waals surface area contributed by atoms with Gasteiger partial charge in [0.15, 0.2) is 6.10 Å². The molecule has 0 aromatic carbocycles. The summed E-state index contributed by atoms with van der Waals surface area (Å²) < 4.78 is 9.75. The van der Waals surface area contributed by atoms with Gasteiger partial charge in [0.25, 0.3) is 0 Å². The van der Waals surface area contributed by atoms with Crippen molar-refractivity contribution < 1.29 is 19.1 Å². The fraction of sp³-hybridized carbons (Fsp3) is 0.750. The van der Waals surface area contributed by atoms with Crippen molar-refractivity contribution in [2.75, 3.05) is 6.61 Å². The van der Waals surface area contributed by atoms with Crippen LogP contribution in [-0.4, -0.2) is 24.6 Å². The molecule has 114 valence electrons. The lowest BCUT2D eigenvalue weighted by Gasteiger charge is -2.11. The van der Waals surface area contributed by atoms with E-state index in [1.54, 1.807) is 6.92 Å². The second-order valence-electron chi connectivity index (χ2n) is 4.71. The van der Waals surface area contributed by atoms with Gasteiger partial charge in [-0.25, -0.2) is 4.79 Å². The van der Waals surface area contributed by atoms with Crippen molar-refractivity contribution in [1.82, 2.24) is 0 Å². The third kappa shape index (κ3) is 10.4. The molecule has 0 bridgehead atoms. The summed E-state index contributed by atoms with van der Waals surface area (Å²) >= 11 is 0. The molecule has 0 aromatic rings. The predicted octanol–water partition coefficient (Wildman–Crippen LogP) is 3.24. The third-order valence-electron chi connectivity index (χ3n) is 2.88. The van der Waals surface area contributed by atoms with Crippen LogP contribution < -0.4 is 0 Å². The zero-order valence-electron chi connectivity index (χ0n) is 12.7. The molecule has 20 heavy (non-hydrogen) atoms. The Hall–Kier alpha value is -1.50. The Morgan fingerprint density at radius 1 is 1.10 bits per heavy atom. The fourth-order valence-corrected chi connectivity index (χ4v) is 1.77. The minimum Gasteiger partial charge on any atom is -0.463 e. The van der Waals surface area contributed by atoms with Crippen LogP contribution in [0, 0.1) is 12.3 Å². The Kier molecular flexibility index (Phi) is 11.6. The normalized spacial score (nSPS) is 11.4. The van der Waals surface area contributed by atoms with E-state index >= 15 is 0 Å². The van der Waals surface area contributed by atoms with Crippen LogP contribution in [0.3, 0.4) is 0 Å². The number of carbonyl (C=O) groups excluding carboxylic acids is 2. The molecule has 0 aliphatic heterocycles. The minimum absolute atomic E-state index is 0.292. The van der Waals surface area contributed by atoms with E-state index in [0.29, 0.717) is 13.0 Å². The van der Waals surface area contributed by atoms with Gasteiger partial charge in [-0.05, 0) is 26.7 Å². The molecule has 0 aliphatic carbocycles. The lowest BCUT2D eigenvalue weighted by molar-refractivity contribution is -0.166. The molecular weight excluding hydrogens is 256 g/mol.